The second-order valence-corrected chi connectivity index (χ2v) is 11.2. The van der Waals surface area contributed by atoms with Gasteiger partial charge in [-0.05, 0) is 30.3 Å². The highest BCUT2D eigenvalue weighted by molar-refractivity contribution is 6.89. The Bertz CT molecular complexity index is 658. The van der Waals surface area contributed by atoms with Crippen molar-refractivity contribution < 1.29 is 14.6 Å². The summed E-state index contributed by atoms with van der Waals surface area (Å²) in [6.45, 7) is 8.32. The normalized spacial score (nSPS) is 11.2. The van der Waals surface area contributed by atoms with Gasteiger partial charge in [-0.1, -0.05) is 49.5 Å². The molecule has 0 aliphatic heterocycles. The number of esters is 1. The van der Waals surface area contributed by atoms with E-state index in [0.29, 0.717) is 5.75 Å². The average Bonchev–Trinajstić information content (AvgIpc) is 2.40. The van der Waals surface area contributed by atoms with Crippen molar-refractivity contribution in [3.05, 3.63) is 53.6 Å². The Morgan fingerprint density at radius 3 is 2.29 bits per heavy atom. The Labute approximate surface area is 126 Å². The molecular formula is C17H20O3Si. The second kappa shape index (κ2) is 5.74. The van der Waals surface area contributed by atoms with Crippen molar-refractivity contribution in [2.75, 3.05) is 0 Å². The van der Waals surface area contributed by atoms with Gasteiger partial charge in [-0.25, -0.2) is 4.79 Å². The van der Waals surface area contributed by atoms with E-state index in [2.05, 4.69) is 19.6 Å². The van der Waals surface area contributed by atoms with Crippen LogP contribution in [0.25, 0.3) is 0 Å². The summed E-state index contributed by atoms with van der Waals surface area (Å²) in [6, 6.07) is 12.5. The standard InChI is InChI=1S/C17H20O3Si/c1-12-10-14(16(18)15(11-12)21(2,3)4)17(19)20-13-8-6-5-7-9-13/h5-11,18H,1-4H3. The summed E-state index contributed by atoms with van der Waals surface area (Å²) >= 11 is 0. The SMILES string of the molecule is Cc1cc(C(=O)Oc2ccccc2)c(O)c([Si](C)(C)C)c1. The van der Waals surface area contributed by atoms with Gasteiger partial charge in [-0.15, -0.1) is 0 Å². The van der Waals surface area contributed by atoms with Crippen LogP contribution in [0.2, 0.25) is 19.6 Å². The molecule has 2 rings (SSSR count). The molecule has 0 fully saturated rings. The topological polar surface area (TPSA) is 46.5 Å². The van der Waals surface area contributed by atoms with E-state index in [-0.39, 0.29) is 11.3 Å². The maximum absolute atomic E-state index is 12.3. The van der Waals surface area contributed by atoms with Gasteiger partial charge in [0, 0.05) is 0 Å². The third kappa shape index (κ3) is 3.52. The van der Waals surface area contributed by atoms with Crippen molar-refractivity contribution in [1.82, 2.24) is 0 Å². The van der Waals surface area contributed by atoms with Gasteiger partial charge < -0.3 is 9.84 Å². The number of carbonyl (C=O) groups is 1. The largest absolute Gasteiger partial charge is 0.507 e. The number of carbonyl (C=O) groups excluding carboxylic acids is 1. The molecule has 0 saturated carbocycles. The first-order chi connectivity index (χ1) is 9.79. The van der Waals surface area contributed by atoms with E-state index in [1.54, 1.807) is 30.3 Å². The van der Waals surface area contributed by atoms with Crippen LogP contribution < -0.4 is 9.92 Å². The fourth-order valence-corrected chi connectivity index (χ4v) is 3.66. The molecule has 2 aromatic rings. The summed E-state index contributed by atoms with van der Waals surface area (Å²) in [5.74, 6) is 0.000516. The molecule has 110 valence electrons. The lowest BCUT2D eigenvalue weighted by Crippen LogP contribution is -2.38. The van der Waals surface area contributed by atoms with E-state index in [4.69, 9.17) is 4.74 Å². The van der Waals surface area contributed by atoms with Gasteiger partial charge in [0.05, 0.1) is 8.07 Å². The van der Waals surface area contributed by atoms with Gasteiger partial charge >= 0.3 is 5.97 Å². The quantitative estimate of drug-likeness (QED) is 0.536. The Morgan fingerprint density at radius 2 is 1.71 bits per heavy atom. The minimum Gasteiger partial charge on any atom is -0.507 e. The number of phenols is 1. The maximum atomic E-state index is 12.3. The first kappa shape index (κ1) is 15.3. The van der Waals surface area contributed by atoms with Crippen LogP contribution in [0.4, 0.5) is 0 Å². The first-order valence-electron chi connectivity index (χ1n) is 6.90. The third-order valence-corrected chi connectivity index (χ3v) is 5.23. The second-order valence-electron chi connectivity index (χ2n) is 6.16. The number of phenolic OH excluding ortho intramolecular Hbond substituents is 1. The van der Waals surface area contributed by atoms with E-state index >= 15 is 0 Å². The van der Waals surface area contributed by atoms with Crippen LogP contribution in [0, 0.1) is 6.92 Å². The van der Waals surface area contributed by atoms with Crippen LogP contribution in [0.1, 0.15) is 15.9 Å². The third-order valence-electron chi connectivity index (χ3n) is 3.24. The van der Waals surface area contributed by atoms with Crippen LogP contribution in [-0.4, -0.2) is 19.1 Å². The van der Waals surface area contributed by atoms with Crippen molar-refractivity contribution in [2.24, 2.45) is 0 Å². The molecule has 0 saturated heterocycles. The Kier molecular flexibility index (Phi) is 4.18. The van der Waals surface area contributed by atoms with Gasteiger partial charge in [0.2, 0.25) is 0 Å². The minimum atomic E-state index is -1.74. The fraction of sp³-hybridized carbons (Fsp3) is 0.235. The highest BCUT2D eigenvalue weighted by Crippen LogP contribution is 2.22. The zero-order chi connectivity index (χ0) is 15.6. The van der Waals surface area contributed by atoms with E-state index in [9.17, 15) is 9.90 Å². The Morgan fingerprint density at radius 1 is 1.10 bits per heavy atom. The lowest BCUT2D eigenvalue weighted by Gasteiger charge is -2.20. The predicted octanol–water partition coefficient (Wildman–Crippen LogP) is 3.47. The van der Waals surface area contributed by atoms with Gasteiger partial charge in [-0.2, -0.15) is 0 Å². The number of ether oxygens (including phenoxy) is 1. The monoisotopic (exact) mass is 300 g/mol. The molecule has 0 amide bonds. The Hall–Kier alpha value is -2.07. The number of hydrogen-bond donors (Lipinski definition) is 1. The molecule has 21 heavy (non-hydrogen) atoms. The van der Waals surface area contributed by atoms with Crippen molar-refractivity contribution in [3.8, 4) is 11.5 Å². The van der Waals surface area contributed by atoms with E-state index < -0.39 is 14.0 Å². The number of aromatic hydroxyl groups is 1. The molecule has 4 heteroatoms. The van der Waals surface area contributed by atoms with Gasteiger partial charge in [0.1, 0.15) is 17.1 Å². The summed E-state index contributed by atoms with van der Waals surface area (Å²) in [7, 11) is -1.74. The molecular weight excluding hydrogens is 280 g/mol. The zero-order valence-electron chi connectivity index (χ0n) is 12.8. The van der Waals surface area contributed by atoms with Crippen LogP contribution in [0.5, 0.6) is 11.5 Å². The highest BCUT2D eigenvalue weighted by Gasteiger charge is 2.25. The lowest BCUT2D eigenvalue weighted by atomic mass is 10.1. The van der Waals surface area contributed by atoms with E-state index in [1.807, 2.05) is 19.1 Å². The highest BCUT2D eigenvalue weighted by atomic mass is 28.3. The van der Waals surface area contributed by atoms with Crippen molar-refractivity contribution in [3.63, 3.8) is 0 Å². The van der Waals surface area contributed by atoms with Crippen LogP contribution >= 0.6 is 0 Å². The first-order valence-corrected chi connectivity index (χ1v) is 10.4. The van der Waals surface area contributed by atoms with Crippen molar-refractivity contribution in [2.45, 2.75) is 26.6 Å². The van der Waals surface area contributed by atoms with Crippen LogP contribution in [0.15, 0.2) is 42.5 Å². The van der Waals surface area contributed by atoms with Crippen LogP contribution in [0.3, 0.4) is 0 Å². The van der Waals surface area contributed by atoms with Gasteiger partial charge in [0.25, 0.3) is 0 Å². The zero-order valence-corrected chi connectivity index (χ0v) is 13.8. The summed E-state index contributed by atoms with van der Waals surface area (Å²) in [5.41, 5.74) is 1.18. The number of benzene rings is 2. The number of rotatable bonds is 3. The minimum absolute atomic E-state index is 0.0562. The maximum Gasteiger partial charge on any atom is 0.347 e. The molecule has 0 heterocycles. The van der Waals surface area contributed by atoms with E-state index in [1.165, 1.54) is 0 Å². The lowest BCUT2D eigenvalue weighted by molar-refractivity contribution is 0.0732. The molecule has 0 aliphatic rings. The van der Waals surface area contributed by atoms with Crippen LogP contribution in [-0.2, 0) is 0 Å². The van der Waals surface area contributed by atoms with E-state index in [0.717, 1.165) is 10.8 Å². The molecule has 0 radical (unpaired) electrons. The number of aryl methyl sites for hydroxylation is 1. The molecule has 3 nitrogen and oxygen atoms in total. The molecule has 0 spiro atoms. The molecule has 0 atom stereocenters. The molecule has 2 aromatic carbocycles. The molecule has 1 N–H and O–H groups in total. The smallest absolute Gasteiger partial charge is 0.347 e. The number of hydrogen-bond acceptors (Lipinski definition) is 3. The Balaban J connectivity index is 2.40. The summed E-state index contributed by atoms with van der Waals surface area (Å²) < 4.78 is 5.32. The summed E-state index contributed by atoms with van der Waals surface area (Å²) in [6.07, 6.45) is 0. The van der Waals surface area contributed by atoms with Gasteiger partial charge in [-0.3, -0.25) is 0 Å². The summed E-state index contributed by atoms with van der Waals surface area (Å²) in [5, 5.41) is 11.3. The van der Waals surface area contributed by atoms with Crippen molar-refractivity contribution >= 4 is 19.2 Å². The summed E-state index contributed by atoms with van der Waals surface area (Å²) in [4.78, 5) is 12.3. The number of para-hydroxylation sites is 1. The van der Waals surface area contributed by atoms with Gasteiger partial charge in [0.15, 0.2) is 0 Å². The molecule has 0 bridgehead atoms. The fourth-order valence-electron chi connectivity index (χ4n) is 2.16. The predicted molar refractivity (Wildman–Crippen MR) is 87.2 cm³/mol. The molecule has 0 aliphatic carbocycles. The average molecular weight is 300 g/mol. The van der Waals surface area contributed by atoms with Crippen molar-refractivity contribution in [1.29, 1.82) is 0 Å². The molecule has 0 unspecified atom stereocenters. The molecule has 0 aromatic heterocycles.